The van der Waals surface area contributed by atoms with Crippen molar-refractivity contribution in [2.24, 2.45) is 7.05 Å². The quantitative estimate of drug-likeness (QED) is 0.668. The summed E-state index contributed by atoms with van der Waals surface area (Å²) in [6, 6.07) is 3.78. The molecule has 13 heteroatoms. The number of halogens is 4. The van der Waals surface area contributed by atoms with Crippen LogP contribution in [-0.2, 0) is 17.1 Å². The van der Waals surface area contributed by atoms with Crippen LogP contribution in [0.15, 0.2) is 23.1 Å². The zero-order valence-electron chi connectivity index (χ0n) is 16.3. The molecule has 2 aromatic rings. The van der Waals surface area contributed by atoms with Crippen molar-refractivity contribution in [1.29, 1.82) is 10.5 Å². The van der Waals surface area contributed by atoms with E-state index in [1.807, 2.05) is 0 Å². The van der Waals surface area contributed by atoms with Crippen LogP contribution in [0.2, 0.25) is 0 Å². The smallest absolute Gasteiger partial charge is 0.341 e. The van der Waals surface area contributed by atoms with Crippen molar-refractivity contribution in [1.82, 2.24) is 9.29 Å². The van der Waals surface area contributed by atoms with Gasteiger partial charge in [0.25, 0.3) is 5.91 Å². The summed E-state index contributed by atoms with van der Waals surface area (Å²) >= 11 is 0. The van der Waals surface area contributed by atoms with Crippen molar-refractivity contribution < 1.29 is 30.8 Å². The minimum atomic E-state index is -4.87. The Morgan fingerprint density at radius 3 is 2.35 bits per heavy atom. The predicted molar refractivity (Wildman–Crippen MR) is 99.8 cm³/mol. The molecule has 0 spiro atoms. The molecule has 1 atom stereocenters. The van der Waals surface area contributed by atoms with Gasteiger partial charge in [-0.05, 0) is 32.0 Å². The Morgan fingerprint density at radius 2 is 1.84 bits per heavy atom. The van der Waals surface area contributed by atoms with Gasteiger partial charge in [-0.25, -0.2) is 12.8 Å². The number of rotatable bonds is 5. The molecule has 0 saturated carbocycles. The molecule has 0 aliphatic carbocycles. The zero-order chi connectivity index (χ0) is 23.7. The number of hydrogen-bond donors (Lipinski definition) is 2. The average molecular weight is 457 g/mol. The molecule has 1 amide bonds. The highest BCUT2D eigenvalue weighted by atomic mass is 32.2. The number of nitriles is 2. The Labute approximate surface area is 174 Å². The molecule has 1 aromatic carbocycles. The van der Waals surface area contributed by atoms with Crippen molar-refractivity contribution >= 4 is 21.6 Å². The number of nitrogens with one attached hydrogen (secondary N) is 2. The molecule has 2 rings (SSSR count). The molecule has 0 aliphatic rings. The molecular weight excluding hydrogens is 442 g/mol. The highest BCUT2D eigenvalue weighted by Crippen LogP contribution is 2.29. The molecule has 31 heavy (non-hydrogen) atoms. The monoisotopic (exact) mass is 457 g/mol. The molecule has 1 unspecified atom stereocenters. The lowest BCUT2D eigenvalue weighted by molar-refractivity contribution is -0.147. The van der Waals surface area contributed by atoms with E-state index in [1.54, 1.807) is 12.1 Å². The third-order valence-corrected chi connectivity index (χ3v) is 6.10. The van der Waals surface area contributed by atoms with E-state index in [2.05, 4.69) is 5.32 Å². The van der Waals surface area contributed by atoms with Crippen LogP contribution in [-0.4, -0.2) is 31.1 Å². The molecule has 1 aromatic heterocycles. The van der Waals surface area contributed by atoms with E-state index in [0.29, 0.717) is 6.92 Å². The van der Waals surface area contributed by atoms with Gasteiger partial charge in [0.2, 0.25) is 10.0 Å². The number of anilines is 1. The van der Waals surface area contributed by atoms with Gasteiger partial charge in [0.15, 0.2) is 0 Å². The summed E-state index contributed by atoms with van der Waals surface area (Å²) in [6.45, 7) is 1.81. The second-order valence-corrected chi connectivity index (χ2v) is 8.10. The van der Waals surface area contributed by atoms with Crippen LogP contribution in [0.4, 0.5) is 23.2 Å². The van der Waals surface area contributed by atoms with E-state index >= 15 is 0 Å². The van der Waals surface area contributed by atoms with E-state index < -0.39 is 50.1 Å². The van der Waals surface area contributed by atoms with Crippen LogP contribution in [0.5, 0.6) is 0 Å². The third kappa shape index (κ3) is 4.68. The van der Waals surface area contributed by atoms with Gasteiger partial charge in [-0.3, -0.25) is 4.79 Å². The lowest BCUT2D eigenvalue weighted by atomic mass is 10.2. The van der Waals surface area contributed by atoms with Crippen molar-refractivity contribution in [3.8, 4) is 12.1 Å². The maximum absolute atomic E-state index is 13.5. The van der Waals surface area contributed by atoms with Crippen molar-refractivity contribution in [2.45, 2.75) is 31.0 Å². The van der Waals surface area contributed by atoms with Gasteiger partial charge < -0.3 is 9.88 Å². The van der Waals surface area contributed by atoms with E-state index in [1.165, 1.54) is 18.7 Å². The second kappa shape index (κ2) is 8.37. The maximum Gasteiger partial charge on any atom is 0.404 e. The molecule has 0 saturated heterocycles. The first-order valence-electron chi connectivity index (χ1n) is 8.44. The number of sulfonamides is 1. The average Bonchev–Trinajstić information content (AvgIpc) is 2.93. The minimum absolute atomic E-state index is 0.0149. The highest BCUT2D eigenvalue weighted by Gasteiger charge is 2.41. The first kappa shape index (κ1) is 23.9. The number of benzene rings is 1. The Bertz CT molecular complexity index is 1240. The van der Waals surface area contributed by atoms with E-state index in [-0.39, 0.29) is 16.9 Å². The number of hydrogen-bond acceptors (Lipinski definition) is 5. The first-order valence-corrected chi connectivity index (χ1v) is 9.92. The molecule has 0 bridgehead atoms. The molecule has 0 radical (unpaired) electrons. The molecule has 0 aliphatic heterocycles. The molecular formula is C18H15F4N5O3S. The van der Waals surface area contributed by atoms with Gasteiger partial charge in [0.1, 0.15) is 40.2 Å². The molecule has 0 fully saturated rings. The summed E-state index contributed by atoms with van der Waals surface area (Å²) in [5.41, 5.74) is -1.64. The molecule has 1 heterocycles. The molecule has 2 N–H and O–H groups in total. The van der Waals surface area contributed by atoms with Gasteiger partial charge in [0.05, 0.1) is 5.56 Å². The van der Waals surface area contributed by atoms with Crippen molar-refractivity contribution in [3.05, 3.63) is 46.5 Å². The van der Waals surface area contributed by atoms with Gasteiger partial charge in [0, 0.05) is 18.4 Å². The van der Waals surface area contributed by atoms with Crippen molar-refractivity contribution in [2.75, 3.05) is 5.32 Å². The SMILES string of the molecule is Cc1c(S(=O)(=O)NC(C)C(F)(F)F)c(C#N)c(C(=O)Nc2ccc(F)c(C#N)c2)n1C. The lowest BCUT2D eigenvalue weighted by Gasteiger charge is -2.17. The highest BCUT2D eigenvalue weighted by molar-refractivity contribution is 7.89. The fourth-order valence-electron chi connectivity index (χ4n) is 2.71. The number of amides is 1. The number of carbonyl (C=O) groups excluding carboxylic acids is 1. The predicted octanol–water partition coefficient (Wildman–Crippen LogP) is 2.70. The standard InChI is InChI=1S/C18H15F4N5O3S/c1-9-16(31(29,30)26-10(2)18(20,21)22)13(8-24)15(27(9)3)17(28)25-12-4-5-14(19)11(6-12)7-23/h4-6,10,26H,1-3H3,(H,25,28). The second-order valence-electron chi connectivity index (χ2n) is 6.45. The van der Waals surface area contributed by atoms with Crippen LogP contribution < -0.4 is 10.0 Å². The van der Waals surface area contributed by atoms with Crippen LogP contribution in [0.3, 0.4) is 0 Å². The fraction of sp³-hybridized carbons (Fsp3) is 0.278. The third-order valence-electron chi connectivity index (χ3n) is 4.39. The minimum Gasteiger partial charge on any atom is -0.341 e. The Kier molecular flexibility index (Phi) is 6.44. The molecule has 164 valence electrons. The Hall–Kier alpha value is -3.42. The van der Waals surface area contributed by atoms with Gasteiger partial charge in [-0.1, -0.05) is 0 Å². The maximum atomic E-state index is 13.5. The summed E-state index contributed by atoms with van der Waals surface area (Å²) in [5.74, 6) is -1.81. The van der Waals surface area contributed by atoms with Crippen LogP contribution in [0, 0.1) is 35.4 Å². The van der Waals surface area contributed by atoms with Gasteiger partial charge in [-0.2, -0.15) is 28.4 Å². The van der Waals surface area contributed by atoms with Crippen LogP contribution in [0.1, 0.15) is 34.2 Å². The largest absolute Gasteiger partial charge is 0.404 e. The molecule has 8 nitrogen and oxygen atoms in total. The van der Waals surface area contributed by atoms with Crippen molar-refractivity contribution in [3.63, 3.8) is 0 Å². The normalized spacial score (nSPS) is 12.7. The van der Waals surface area contributed by atoms with Gasteiger partial charge in [-0.15, -0.1) is 0 Å². The number of carbonyl (C=O) groups is 1. The summed E-state index contributed by atoms with van der Waals surface area (Å²) in [6.07, 6.45) is -4.87. The topological polar surface area (TPSA) is 128 Å². The van der Waals surface area contributed by atoms with Gasteiger partial charge >= 0.3 is 6.18 Å². The Morgan fingerprint density at radius 1 is 1.23 bits per heavy atom. The van der Waals surface area contributed by atoms with Crippen LogP contribution >= 0.6 is 0 Å². The van der Waals surface area contributed by atoms with E-state index in [9.17, 15) is 36.0 Å². The summed E-state index contributed by atoms with van der Waals surface area (Å²) in [7, 11) is -3.57. The number of aromatic nitrogens is 1. The number of alkyl halides is 3. The summed E-state index contributed by atoms with van der Waals surface area (Å²) < 4.78 is 79.5. The first-order chi connectivity index (χ1) is 14.2. The van der Waals surface area contributed by atoms with E-state index in [4.69, 9.17) is 5.26 Å². The zero-order valence-corrected chi connectivity index (χ0v) is 17.1. The Balaban J connectivity index is 2.53. The fourth-order valence-corrected chi connectivity index (χ4v) is 4.37. The van der Waals surface area contributed by atoms with E-state index in [0.717, 1.165) is 22.8 Å². The summed E-state index contributed by atoms with van der Waals surface area (Å²) in [5, 5.41) is 20.7. The summed E-state index contributed by atoms with van der Waals surface area (Å²) in [4.78, 5) is 12.0. The lowest BCUT2D eigenvalue weighted by Crippen LogP contribution is -2.43. The number of nitrogens with zero attached hydrogens (tertiary/aromatic N) is 3. The van der Waals surface area contributed by atoms with Crippen LogP contribution in [0.25, 0.3) is 0 Å².